The van der Waals surface area contributed by atoms with Crippen LogP contribution in [0, 0.1) is 6.92 Å². The van der Waals surface area contributed by atoms with Crippen LogP contribution >= 0.6 is 0 Å². The highest BCUT2D eigenvalue weighted by molar-refractivity contribution is 6.05. The van der Waals surface area contributed by atoms with E-state index < -0.39 is 6.04 Å². The van der Waals surface area contributed by atoms with E-state index in [1.807, 2.05) is 50.2 Å². The molecular formula is C25H25N3O4. The maximum atomic E-state index is 13.0. The number of nitrogens with one attached hydrogen (secondary N) is 2. The second-order valence-electron chi connectivity index (χ2n) is 8.53. The van der Waals surface area contributed by atoms with Gasteiger partial charge in [0.05, 0.1) is 12.6 Å². The monoisotopic (exact) mass is 431 g/mol. The smallest absolute Gasteiger partial charge is 0.255 e. The minimum atomic E-state index is -0.686. The molecule has 0 saturated heterocycles. The average molecular weight is 431 g/mol. The molecular weight excluding hydrogens is 406 g/mol. The van der Waals surface area contributed by atoms with Crippen molar-refractivity contribution in [3.63, 3.8) is 0 Å². The van der Waals surface area contributed by atoms with Gasteiger partial charge < -0.3 is 20.0 Å². The van der Waals surface area contributed by atoms with Crippen molar-refractivity contribution in [1.29, 1.82) is 0 Å². The zero-order valence-electron chi connectivity index (χ0n) is 18.1. The van der Waals surface area contributed by atoms with Gasteiger partial charge in [0, 0.05) is 22.6 Å². The van der Waals surface area contributed by atoms with Crippen LogP contribution in [0.2, 0.25) is 0 Å². The number of aryl methyl sites for hydroxylation is 1. The fourth-order valence-corrected chi connectivity index (χ4v) is 4.56. The van der Waals surface area contributed by atoms with Gasteiger partial charge in [-0.25, -0.2) is 0 Å². The Hall–Kier alpha value is -3.61. The Balaban J connectivity index is 1.25. The Morgan fingerprint density at radius 2 is 1.84 bits per heavy atom. The van der Waals surface area contributed by atoms with E-state index in [0.717, 1.165) is 29.4 Å². The first kappa shape index (κ1) is 20.3. The number of furan rings is 1. The van der Waals surface area contributed by atoms with Crippen LogP contribution < -0.4 is 10.6 Å². The summed E-state index contributed by atoms with van der Waals surface area (Å²) in [6, 6.07) is 14.0. The van der Waals surface area contributed by atoms with Gasteiger partial charge >= 0.3 is 0 Å². The molecule has 0 bridgehead atoms. The van der Waals surface area contributed by atoms with Crippen molar-refractivity contribution in [2.75, 3.05) is 6.54 Å². The average Bonchev–Trinajstić information content (AvgIpc) is 3.52. The van der Waals surface area contributed by atoms with Gasteiger partial charge in [-0.15, -0.1) is 0 Å². The highest BCUT2D eigenvalue weighted by Crippen LogP contribution is 2.41. The number of rotatable bonds is 6. The molecule has 1 aliphatic heterocycles. The second kappa shape index (κ2) is 7.82. The third-order valence-electron chi connectivity index (χ3n) is 6.26. The second-order valence-corrected chi connectivity index (χ2v) is 8.53. The van der Waals surface area contributed by atoms with Crippen LogP contribution in [0.4, 0.5) is 0 Å². The molecule has 3 amide bonds. The van der Waals surface area contributed by atoms with E-state index in [-0.39, 0.29) is 36.3 Å². The van der Waals surface area contributed by atoms with Crippen molar-refractivity contribution < 1.29 is 18.8 Å². The van der Waals surface area contributed by atoms with E-state index in [9.17, 15) is 14.4 Å². The summed E-state index contributed by atoms with van der Waals surface area (Å²) in [7, 11) is 0. The number of hydrogen-bond donors (Lipinski definition) is 2. The van der Waals surface area contributed by atoms with E-state index in [1.165, 1.54) is 0 Å². The highest BCUT2D eigenvalue weighted by atomic mass is 16.3. The SMILES string of the molecule is Cc1c(C(C)NC(=O)CNC(=O)C2c3ccccc3C(=O)N2C2CC2)oc2ccccc12. The Kier molecular flexibility index (Phi) is 4.96. The fourth-order valence-electron chi connectivity index (χ4n) is 4.56. The summed E-state index contributed by atoms with van der Waals surface area (Å²) in [5.41, 5.74) is 3.03. The normalized spacial score (nSPS) is 18.5. The van der Waals surface area contributed by atoms with E-state index in [0.29, 0.717) is 16.9 Å². The van der Waals surface area contributed by atoms with E-state index in [4.69, 9.17) is 4.42 Å². The minimum absolute atomic E-state index is 0.0931. The predicted octanol–water partition coefficient (Wildman–Crippen LogP) is 3.39. The van der Waals surface area contributed by atoms with Gasteiger partial charge in [0.1, 0.15) is 17.4 Å². The first-order valence-corrected chi connectivity index (χ1v) is 10.9. The van der Waals surface area contributed by atoms with Crippen LogP contribution in [0.3, 0.4) is 0 Å². The zero-order chi connectivity index (χ0) is 22.4. The molecule has 2 heterocycles. The molecule has 2 N–H and O–H groups in total. The topological polar surface area (TPSA) is 91.7 Å². The summed E-state index contributed by atoms with van der Waals surface area (Å²) in [6.07, 6.45) is 1.80. The van der Waals surface area contributed by atoms with Gasteiger partial charge in [-0.3, -0.25) is 14.4 Å². The molecule has 0 radical (unpaired) electrons. The summed E-state index contributed by atoms with van der Waals surface area (Å²) in [6.45, 7) is 3.64. The lowest BCUT2D eigenvalue weighted by atomic mass is 10.0. The van der Waals surface area contributed by atoms with Crippen LogP contribution in [0.25, 0.3) is 11.0 Å². The van der Waals surface area contributed by atoms with Crippen molar-refractivity contribution in [3.8, 4) is 0 Å². The van der Waals surface area contributed by atoms with Gasteiger partial charge in [-0.1, -0.05) is 36.4 Å². The molecule has 1 aromatic heterocycles. The summed E-state index contributed by atoms with van der Waals surface area (Å²) < 4.78 is 5.92. The Bertz CT molecular complexity index is 1230. The van der Waals surface area contributed by atoms with Crippen molar-refractivity contribution in [3.05, 3.63) is 71.0 Å². The highest BCUT2D eigenvalue weighted by Gasteiger charge is 2.47. The third kappa shape index (κ3) is 3.43. The Morgan fingerprint density at radius 1 is 1.12 bits per heavy atom. The van der Waals surface area contributed by atoms with Crippen molar-refractivity contribution in [1.82, 2.24) is 15.5 Å². The number of benzene rings is 2. The largest absolute Gasteiger partial charge is 0.459 e. The minimum Gasteiger partial charge on any atom is -0.459 e. The maximum absolute atomic E-state index is 13.0. The lowest BCUT2D eigenvalue weighted by Crippen LogP contribution is -2.44. The molecule has 0 spiro atoms. The predicted molar refractivity (Wildman–Crippen MR) is 119 cm³/mol. The number of carbonyl (C=O) groups is 3. The summed E-state index contributed by atoms with van der Waals surface area (Å²) in [5, 5.41) is 6.63. The van der Waals surface area contributed by atoms with Gasteiger partial charge in [0.25, 0.3) is 5.91 Å². The van der Waals surface area contributed by atoms with Crippen LogP contribution in [0.15, 0.2) is 52.9 Å². The molecule has 1 aliphatic carbocycles. The lowest BCUT2D eigenvalue weighted by Gasteiger charge is -2.24. The van der Waals surface area contributed by atoms with Crippen molar-refractivity contribution >= 4 is 28.7 Å². The molecule has 2 aliphatic rings. The van der Waals surface area contributed by atoms with Gasteiger partial charge in [0.15, 0.2) is 0 Å². The van der Waals surface area contributed by atoms with E-state index >= 15 is 0 Å². The molecule has 2 atom stereocenters. The molecule has 7 nitrogen and oxygen atoms in total. The van der Waals surface area contributed by atoms with E-state index in [1.54, 1.807) is 17.0 Å². The molecule has 2 aromatic carbocycles. The first-order valence-electron chi connectivity index (χ1n) is 10.9. The summed E-state index contributed by atoms with van der Waals surface area (Å²) in [5.74, 6) is -0.0676. The van der Waals surface area contributed by atoms with Crippen molar-refractivity contribution in [2.24, 2.45) is 0 Å². The van der Waals surface area contributed by atoms with E-state index in [2.05, 4.69) is 10.6 Å². The number of fused-ring (bicyclic) bond motifs is 2. The number of amides is 3. The molecule has 7 heteroatoms. The molecule has 1 fully saturated rings. The molecule has 5 rings (SSSR count). The standard InChI is InChI=1S/C25H25N3O4/c1-14-17-7-5-6-10-20(17)32-23(14)15(2)27-21(29)13-26-24(30)22-18-8-3-4-9-19(18)25(31)28(22)16-11-12-16/h3-10,15-16,22H,11-13H2,1-2H3,(H,26,30)(H,27,29). The van der Waals surface area contributed by atoms with Crippen LogP contribution in [-0.2, 0) is 9.59 Å². The zero-order valence-corrected chi connectivity index (χ0v) is 18.1. The van der Waals surface area contributed by atoms with Crippen LogP contribution in [-0.4, -0.2) is 35.2 Å². The first-order chi connectivity index (χ1) is 15.5. The summed E-state index contributed by atoms with van der Waals surface area (Å²) >= 11 is 0. The molecule has 1 saturated carbocycles. The summed E-state index contributed by atoms with van der Waals surface area (Å²) in [4.78, 5) is 40.0. The van der Waals surface area contributed by atoms with Gasteiger partial charge in [0.2, 0.25) is 11.8 Å². The van der Waals surface area contributed by atoms with Crippen LogP contribution in [0.1, 0.15) is 59.1 Å². The van der Waals surface area contributed by atoms with Crippen LogP contribution in [0.5, 0.6) is 0 Å². The molecule has 2 unspecified atom stereocenters. The molecule has 3 aromatic rings. The molecule has 32 heavy (non-hydrogen) atoms. The van der Waals surface area contributed by atoms with Crippen molar-refractivity contribution in [2.45, 2.75) is 44.8 Å². The Morgan fingerprint density at radius 3 is 2.59 bits per heavy atom. The number of nitrogens with zero attached hydrogens (tertiary/aromatic N) is 1. The lowest BCUT2D eigenvalue weighted by molar-refractivity contribution is -0.129. The van der Waals surface area contributed by atoms with Gasteiger partial charge in [-0.05, 0) is 44.4 Å². The molecule has 164 valence electrons. The third-order valence-corrected chi connectivity index (χ3v) is 6.26. The number of hydrogen-bond acceptors (Lipinski definition) is 4. The maximum Gasteiger partial charge on any atom is 0.255 e. The van der Waals surface area contributed by atoms with Gasteiger partial charge in [-0.2, -0.15) is 0 Å². The number of carbonyl (C=O) groups excluding carboxylic acids is 3. The quantitative estimate of drug-likeness (QED) is 0.626. The Labute approximate surface area is 185 Å². The number of para-hydroxylation sites is 1. The fraction of sp³-hybridized carbons (Fsp3) is 0.320.